The van der Waals surface area contributed by atoms with E-state index >= 15 is 0 Å². The molecule has 0 bridgehead atoms. The standard InChI is InChI=1S/C12H13NO4/c1-13(8-14)12(11(15)16)6-7-17-10-5-3-2-4-9(10)12/h2-5,8H,6-7H2,1H3,(H,15,16). The molecule has 0 aromatic heterocycles. The lowest BCUT2D eigenvalue weighted by atomic mass is 9.83. The second kappa shape index (κ2) is 4.08. The maximum absolute atomic E-state index is 11.6. The fourth-order valence-corrected chi connectivity index (χ4v) is 2.21. The van der Waals surface area contributed by atoms with Crippen LogP contribution in [0.15, 0.2) is 24.3 Å². The van der Waals surface area contributed by atoms with Crippen LogP contribution in [0.5, 0.6) is 5.75 Å². The van der Waals surface area contributed by atoms with Gasteiger partial charge in [0.05, 0.1) is 6.61 Å². The highest BCUT2D eigenvalue weighted by atomic mass is 16.5. The predicted molar refractivity (Wildman–Crippen MR) is 59.7 cm³/mol. The van der Waals surface area contributed by atoms with Crippen LogP contribution in [0.1, 0.15) is 12.0 Å². The van der Waals surface area contributed by atoms with Crippen LogP contribution in [-0.4, -0.2) is 36.0 Å². The van der Waals surface area contributed by atoms with Crippen molar-refractivity contribution in [3.8, 4) is 5.75 Å². The number of hydrogen-bond donors (Lipinski definition) is 1. The Hall–Kier alpha value is -2.04. The summed E-state index contributed by atoms with van der Waals surface area (Å²) in [6.07, 6.45) is 0.783. The molecule has 90 valence electrons. The summed E-state index contributed by atoms with van der Waals surface area (Å²) in [5.41, 5.74) is -0.801. The molecule has 2 rings (SSSR count). The van der Waals surface area contributed by atoms with Gasteiger partial charge in [-0.2, -0.15) is 0 Å². The summed E-state index contributed by atoms with van der Waals surface area (Å²) in [7, 11) is 1.48. The third-order valence-electron chi connectivity index (χ3n) is 3.17. The monoisotopic (exact) mass is 235 g/mol. The molecular formula is C12H13NO4. The number of rotatable bonds is 3. The van der Waals surface area contributed by atoms with E-state index in [0.717, 1.165) is 0 Å². The Labute approximate surface area is 98.6 Å². The predicted octanol–water partition coefficient (Wildman–Crippen LogP) is 0.837. The van der Waals surface area contributed by atoms with Crippen LogP contribution in [0, 0.1) is 0 Å². The summed E-state index contributed by atoms with van der Waals surface area (Å²) >= 11 is 0. The molecule has 0 saturated heterocycles. The maximum Gasteiger partial charge on any atom is 0.334 e. The first-order valence-corrected chi connectivity index (χ1v) is 5.27. The molecule has 0 spiro atoms. The minimum atomic E-state index is -1.32. The van der Waals surface area contributed by atoms with Crippen LogP contribution in [0.25, 0.3) is 0 Å². The lowest BCUT2D eigenvalue weighted by Gasteiger charge is -2.40. The topological polar surface area (TPSA) is 66.8 Å². The van der Waals surface area contributed by atoms with Crippen LogP contribution >= 0.6 is 0 Å². The van der Waals surface area contributed by atoms with E-state index in [0.29, 0.717) is 17.7 Å². The first kappa shape index (κ1) is 11.4. The lowest BCUT2D eigenvalue weighted by molar-refractivity contribution is -0.157. The summed E-state index contributed by atoms with van der Waals surface area (Å²) in [5, 5.41) is 9.48. The molecule has 1 aliphatic rings. The van der Waals surface area contributed by atoms with Gasteiger partial charge in [-0.25, -0.2) is 4.79 Å². The number of ether oxygens (including phenoxy) is 1. The second-order valence-electron chi connectivity index (χ2n) is 3.98. The number of hydrogen-bond acceptors (Lipinski definition) is 3. The Morgan fingerprint density at radius 1 is 1.53 bits per heavy atom. The summed E-state index contributed by atoms with van der Waals surface area (Å²) in [5.74, 6) is -0.516. The third kappa shape index (κ3) is 1.54. The maximum atomic E-state index is 11.6. The highest BCUT2D eigenvalue weighted by molar-refractivity contribution is 5.84. The largest absolute Gasteiger partial charge is 0.493 e. The van der Waals surface area contributed by atoms with Gasteiger partial charge in [0, 0.05) is 19.0 Å². The van der Waals surface area contributed by atoms with Crippen molar-refractivity contribution in [1.82, 2.24) is 4.90 Å². The van der Waals surface area contributed by atoms with Crippen molar-refractivity contribution >= 4 is 12.4 Å². The minimum absolute atomic E-state index is 0.245. The number of aliphatic carboxylic acids is 1. The Morgan fingerprint density at radius 2 is 2.24 bits per heavy atom. The zero-order valence-electron chi connectivity index (χ0n) is 9.42. The number of benzene rings is 1. The Bertz CT molecular complexity index is 460. The van der Waals surface area contributed by atoms with Crippen LogP contribution in [-0.2, 0) is 15.1 Å². The molecule has 1 amide bonds. The normalized spacial score (nSPS) is 22.2. The molecule has 0 aliphatic carbocycles. The van der Waals surface area contributed by atoms with Crippen LogP contribution in [0.2, 0.25) is 0 Å². The van der Waals surface area contributed by atoms with Gasteiger partial charge in [-0.1, -0.05) is 18.2 Å². The van der Waals surface area contributed by atoms with E-state index in [1.807, 2.05) is 0 Å². The molecule has 5 heteroatoms. The number of carbonyl (C=O) groups is 2. The van der Waals surface area contributed by atoms with Gasteiger partial charge in [-0.15, -0.1) is 0 Å². The van der Waals surface area contributed by atoms with E-state index in [1.54, 1.807) is 24.3 Å². The number of carbonyl (C=O) groups excluding carboxylic acids is 1. The highest BCUT2D eigenvalue weighted by Gasteiger charge is 2.48. The number of carboxylic acids is 1. The van der Waals surface area contributed by atoms with Crippen LogP contribution in [0.3, 0.4) is 0 Å². The third-order valence-corrected chi connectivity index (χ3v) is 3.17. The van der Waals surface area contributed by atoms with E-state index in [1.165, 1.54) is 11.9 Å². The molecule has 1 unspecified atom stereocenters. The van der Waals surface area contributed by atoms with Crippen molar-refractivity contribution in [2.45, 2.75) is 12.0 Å². The molecule has 1 N–H and O–H groups in total. The molecule has 1 atom stereocenters. The molecule has 1 aromatic carbocycles. The van der Waals surface area contributed by atoms with Crippen molar-refractivity contribution in [3.05, 3.63) is 29.8 Å². The van der Waals surface area contributed by atoms with Gasteiger partial charge in [-0.05, 0) is 6.07 Å². The molecule has 1 aliphatic heterocycles. The van der Waals surface area contributed by atoms with Gasteiger partial charge in [0.2, 0.25) is 6.41 Å². The van der Waals surface area contributed by atoms with Crippen molar-refractivity contribution < 1.29 is 19.4 Å². The molecule has 1 heterocycles. The summed E-state index contributed by atoms with van der Waals surface area (Å²) < 4.78 is 5.42. The molecule has 0 saturated carbocycles. The number of carboxylic acid groups (broad SMARTS) is 1. The average molecular weight is 235 g/mol. The van der Waals surface area contributed by atoms with Crippen molar-refractivity contribution in [2.75, 3.05) is 13.7 Å². The van der Waals surface area contributed by atoms with Gasteiger partial charge in [0.25, 0.3) is 0 Å². The Morgan fingerprint density at radius 3 is 2.88 bits per heavy atom. The molecule has 17 heavy (non-hydrogen) atoms. The van der Waals surface area contributed by atoms with E-state index in [2.05, 4.69) is 0 Å². The van der Waals surface area contributed by atoms with Crippen LogP contribution in [0.4, 0.5) is 0 Å². The summed E-state index contributed by atoms with van der Waals surface area (Å²) in [6, 6.07) is 6.91. The molecule has 1 aromatic rings. The fraction of sp³-hybridized carbons (Fsp3) is 0.333. The van der Waals surface area contributed by atoms with Crippen molar-refractivity contribution in [1.29, 1.82) is 0 Å². The number of likely N-dealkylation sites (N-methyl/N-ethyl adjacent to an activating group) is 1. The van der Waals surface area contributed by atoms with Gasteiger partial charge in [-0.3, -0.25) is 4.79 Å². The smallest absolute Gasteiger partial charge is 0.334 e. The number of fused-ring (bicyclic) bond motifs is 1. The number of para-hydroxylation sites is 1. The van der Waals surface area contributed by atoms with Gasteiger partial charge in [0.15, 0.2) is 5.54 Å². The SMILES string of the molecule is CN(C=O)C1(C(=O)O)CCOc2ccccc21. The quantitative estimate of drug-likeness (QED) is 0.788. The minimum Gasteiger partial charge on any atom is -0.493 e. The van der Waals surface area contributed by atoms with Gasteiger partial charge >= 0.3 is 5.97 Å². The Balaban J connectivity index is 2.63. The first-order valence-electron chi connectivity index (χ1n) is 5.27. The Kier molecular flexibility index (Phi) is 2.75. The molecular weight excluding hydrogens is 222 g/mol. The van der Waals surface area contributed by atoms with E-state index < -0.39 is 11.5 Å². The fourth-order valence-electron chi connectivity index (χ4n) is 2.21. The van der Waals surface area contributed by atoms with E-state index in [4.69, 9.17) is 4.74 Å². The van der Waals surface area contributed by atoms with Crippen LogP contribution < -0.4 is 4.74 Å². The lowest BCUT2D eigenvalue weighted by Crippen LogP contribution is -2.52. The van der Waals surface area contributed by atoms with Gasteiger partial charge in [0.1, 0.15) is 5.75 Å². The summed E-state index contributed by atoms with van der Waals surface area (Å²) in [4.78, 5) is 23.7. The number of nitrogens with zero attached hydrogens (tertiary/aromatic N) is 1. The number of amides is 1. The second-order valence-corrected chi connectivity index (χ2v) is 3.98. The molecule has 0 radical (unpaired) electrons. The van der Waals surface area contributed by atoms with E-state index in [9.17, 15) is 14.7 Å². The summed E-state index contributed by atoms with van der Waals surface area (Å²) in [6.45, 7) is 0.279. The average Bonchev–Trinajstić information content (AvgIpc) is 2.36. The molecule has 0 fully saturated rings. The van der Waals surface area contributed by atoms with Crippen molar-refractivity contribution in [2.24, 2.45) is 0 Å². The first-order chi connectivity index (χ1) is 8.13. The highest BCUT2D eigenvalue weighted by Crippen LogP contribution is 2.40. The zero-order valence-corrected chi connectivity index (χ0v) is 9.42. The van der Waals surface area contributed by atoms with E-state index in [-0.39, 0.29) is 13.0 Å². The molecule has 5 nitrogen and oxygen atoms in total. The van der Waals surface area contributed by atoms with Crippen molar-refractivity contribution in [3.63, 3.8) is 0 Å². The zero-order chi connectivity index (χ0) is 12.5. The van der Waals surface area contributed by atoms with Gasteiger partial charge < -0.3 is 14.7 Å².